The third-order valence-electron chi connectivity index (χ3n) is 3.43. The Bertz CT molecular complexity index is 789. The Hall–Kier alpha value is -2.40. The van der Waals surface area contributed by atoms with E-state index >= 15 is 0 Å². The maximum absolute atomic E-state index is 6.30. The highest BCUT2D eigenvalue weighted by Gasteiger charge is 2.17. The first kappa shape index (κ1) is 13.6. The number of aromatic nitrogens is 4. The highest BCUT2D eigenvalue weighted by Crippen LogP contribution is 2.30. The van der Waals surface area contributed by atoms with Gasteiger partial charge in [-0.25, -0.2) is 0 Å². The first-order chi connectivity index (χ1) is 10.1. The van der Waals surface area contributed by atoms with Crippen LogP contribution >= 0.6 is 11.6 Å². The van der Waals surface area contributed by atoms with Gasteiger partial charge in [0.2, 0.25) is 0 Å². The molecule has 0 aliphatic heterocycles. The van der Waals surface area contributed by atoms with E-state index in [1.165, 1.54) is 0 Å². The SMILES string of the molecule is Cc1cccc(-c2nnnn2-c2c(C)cccc2Cl)c1N. The summed E-state index contributed by atoms with van der Waals surface area (Å²) in [6.07, 6.45) is 0. The molecule has 0 unspecified atom stereocenters. The van der Waals surface area contributed by atoms with E-state index < -0.39 is 0 Å². The molecule has 3 rings (SSSR count). The number of hydrogen-bond acceptors (Lipinski definition) is 4. The average Bonchev–Trinajstić information content (AvgIpc) is 2.91. The van der Waals surface area contributed by atoms with E-state index in [0.29, 0.717) is 16.5 Å². The molecule has 0 amide bonds. The zero-order valence-electron chi connectivity index (χ0n) is 11.7. The minimum Gasteiger partial charge on any atom is -0.398 e. The van der Waals surface area contributed by atoms with Crippen molar-refractivity contribution in [3.05, 3.63) is 52.5 Å². The lowest BCUT2D eigenvalue weighted by Crippen LogP contribution is -2.05. The first-order valence-electron chi connectivity index (χ1n) is 6.49. The number of aryl methyl sites for hydroxylation is 2. The number of anilines is 1. The normalized spacial score (nSPS) is 10.8. The van der Waals surface area contributed by atoms with Crippen molar-refractivity contribution in [2.24, 2.45) is 0 Å². The highest BCUT2D eigenvalue weighted by molar-refractivity contribution is 6.32. The quantitative estimate of drug-likeness (QED) is 0.738. The Morgan fingerprint density at radius 3 is 2.52 bits per heavy atom. The molecule has 0 aliphatic carbocycles. The molecule has 0 aliphatic rings. The molecule has 0 bridgehead atoms. The molecule has 0 atom stereocenters. The van der Waals surface area contributed by atoms with Gasteiger partial charge in [-0.1, -0.05) is 35.9 Å². The van der Waals surface area contributed by atoms with Crippen LogP contribution in [0.4, 0.5) is 5.69 Å². The lowest BCUT2D eigenvalue weighted by atomic mass is 10.1. The largest absolute Gasteiger partial charge is 0.398 e. The predicted molar refractivity (Wildman–Crippen MR) is 83.5 cm³/mol. The molecule has 21 heavy (non-hydrogen) atoms. The summed E-state index contributed by atoms with van der Waals surface area (Å²) in [6, 6.07) is 11.5. The molecule has 106 valence electrons. The van der Waals surface area contributed by atoms with Crippen molar-refractivity contribution in [1.29, 1.82) is 0 Å². The minimum absolute atomic E-state index is 0.576. The molecule has 1 heterocycles. The number of benzene rings is 2. The number of para-hydroxylation sites is 2. The Kier molecular flexibility index (Phi) is 3.35. The lowest BCUT2D eigenvalue weighted by molar-refractivity contribution is 0.787. The average molecular weight is 300 g/mol. The van der Waals surface area contributed by atoms with Crippen LogP contribution in [-0.4, -0.2) is 20.2 Å². The summed E-state index contributed by atoms with van der Waals surface area (Å²) in [5.74, 6) is 0.576. The van der Waals surface area contributed by atoms with Gasteiger partial charge in [0.1, 0.15) is 0 Å². The van der Waals surface area contributed by atoms with Gasteiger partial charge in [0.15, 0.2) is 5.82 Å². The van der Waals surface area contributed by atoms with Gasteiger partial charge in [-0.3, -0.25) is 0 Å². The second kappa shape index (κ2) is 5.18. The molecule has 6 heteroatoms. The van der Waals surface area contributed by atoms with Gasteiger partial charge in [-0.2, -0.15) is 4.68 Å². The van der Waals surface area contributed by atoms with Gasteiger partial charge in [-0.15, -0.1) is 5.10 Å². The molecular weight excluding hydrogens is 286 g/mol. The van der Waals surface area contributed by atoms with Crippen LogP contribution in [0.1, 0.15) is 11.1 Å². The number of nitrogens with two attached hydrogens (primary N) is 1. The third kappa shape index (κ3) is 2.25. The molecule has 0 saturated carbocycles. The van der Waals surface area contributed by atoms with Gasteiger partial charge in [-0.05, 0) is 47.5 Å². The van der Waals surface area contributed by atoms with Gasteiger partial charge in [0, 0.05) is 11.3 Å². The van der Waals surface area contributed by atoms with Crippen molar-refractivity contribution in [3.63, 3.8) is 0 Å². The first-order valence-corrected chi connectivity index (χ1v) is 6.86. The Morgan fingerprint density at radius 1 is 1.05 bits per heavy atom. The highest BCUT2D eigenvalue weighted by atomic mass is 35.5. The molecule has 0 spiro atoms. The number of halogens is 1. The predicted octanol–water partition coefficient (Wildman–Crippen LogP) is 3.18. The summed E-state index contributed by atoms with van der Waals surface area (Å²) in [6.45, 7) is 3.92. The smallest absolute Gasteiger partial charge is 0.189 e. The van der Waals surface area contributed by atoms with E-state index in [1.807, 2.05) is 50.2 Å². The van der Waals surface area contributed by atoms with E-state index in [1.54, 1.807) is 4.68 Å². The zero-order valence-corrected chi connectivity index (χ0v) is 12.5. The van der Waals surface area contributed by atoms with Crippen molar-refractivity contribution in [2.75, 3.05) is 5.73 Å². The van der Waals surface area contributed by atoms with Crippen LogP contribution in [0, 0.1) is 13.8 Å². The number of nitrogens with zero attached hydrogens (tertiary/aromatic N) is 4. The zero-order chi connectivity index (χ0) is 15.0. The molecule has 5 nitrogen and oxygen atoms in total. The molecular formula is C15H14ClN5. The fraction of sp³-hybridized carbons (Fsp3) is 0.133. The molecule has 2 aromatic carbocycles. The molecule has 3 aromatic rings. The summed E-state index contributed by atoms with van der Waals surface area (Å²) < 4.78 is 1.63. The van der Waals surface area contributed by atoms with Crippen LogP contribution in [0.5, 0.6) is 0 Å². The van der Waals surface area contributed by atoms with Crippen LogP contribution in [0.2, 0.25) is 5.02 Å². The Labute approximate surface area is 127 Å². The standard InChI is InChI=1S/C15H14ClN5/c1-9-5-3-7-11(13(9)17)15-18-19-20-21(15)14-10(2)6-4-8-12(14)16/h3-8H,17H2,1-2H3. The summed E-state index contributed by atoms with van der Waals surface area (Å²) in [5, 5.41) is 12.6. The number of hydrogen-bond donors (Lipinski definition) is 1. The van der Waals surface area contributed by atoms with Crippen molar-refractivity contribution in [3.8, 4) is 17.1 Å². The topological polar surface area (TPSA) is 69.6 Å². The maximum Gasteiger partial charge on any atom is 0.189 e. The van der Waals surface area contributed by atoms with E-state index in [2.05, 4.69) is 15.5 Å². The van der Waals surface area contributed by atoms with Crippen LogP contribution in [0.3, 0.4) is 0 Å². The van der Waals surface area contributed by atoms with Crippen LogP contribution < -0.4 is 5.73 Å². The fourth-order valence-corrected chi connectivity index (χ4v) is 2.57. The second-order valence-electron chi connectivity index (χ2n) is 4.86. The number of nitrogen functional groups attached to an aromatic ring is 1. The lowest BCUT2D eigenvalue weighted by Gasteiger charge is -2.11. The maximum atomic E-state index is 6.30. The molecule has 1 aromatic heterocycles. The van der Waals surface area contributed by atoms with Crippen molar-refractivity contribution in [1.82, 2.24) is 20.2 Å². The molecule has 2 N–H and O–H groups in total. The summed E-state index contributed by atoms with van der Waals surface area (Å²) >= 11 is 6.30. The Morgan fingerprint density at radius 2 is 1.76 bits per heavy atom. The van der Waals surface area contributed by atoms with Crippen LogP contribution in [-0.2, 0) is 0 Å². The van der Waals surface area contributed by atoms with E-state index in [4.69, 9.17) is 17.3 Å². The number of rotatable bonds is 2. The second-order valence-corrected chi connectivity index (χ2v) is 5.26. The monoisotopic (exact) mass is 299 g/mol. The van der Waals surface area contributed by atoms with E-state index in [0.717, 1.165) is 22.4 Å². The third-order valence-corrected chi connectivity index (χ3v) is 3.74. The molecule has 0 saturated heterocycles. The summed E-state index contributed by atoms with van der Waals surface area (Å²) in [7, 11) is 0. The van der Waals surface area contributed by atoms with E-state index in [-0.39, 0.29) is 0 Å². The van der Waals surface area contributed by atoms with Crippen molar-refractivity contribution in [2.45, 2.75) is 13.8 Å². The van der Waals surface area contributed by atoms with Crippen molar-refractivity contribution < 1.29 is 0 Å². The van der Waals surface area contributed by atoms with Gasteiger partial charge in [0.05, 0.1) is 10.7 Å². The van der Waals surface area contributed by atoms with Gasteiger partial charge >= 0.3 is 0 Å². The van der Waals surface area contributed by atoms with E-state index in [9.17, 15) is 0 Å². The van der Waals surface area contributed by atoms with Gasteiger partial charge < -0.3 is 5.73 Å². The van der Waals surface area contributed by atoms with Crippen LogP contribution in [0.25, 0.3) is 17.1 Å². The summed E-state index contributed by atoms with van der Waals surface area (Å²) in [4.78, 5) is 0. The fourth-order valence-electron chi connectivity index (χ4n) is 2.27. The minimum atomic E-state index is 0.576. The summed E-state index contributed by atoms with van der Waals surface area (Å²) in [5.41, 5.74) is 10.3. The molecule has 0 fully saturated rings. The van der Waals surface area contributed by atoms with Gasteiger partial charge in [0.25, 0.3) is 0 Å². The van der Waals surface area contributed by atoms with Crippen LogP contribution in [0.15, 0.2) is 36.4 Å². The number of tetrazole rings is 1. The molecule has 0 radical (unpaired) electrons. The van der Waals surface area contributed by atoms with Crippen molar-refractivity contribution >= 4 is 17.3 Å². The Balaban J connectivity index is 2.25.